The van der Waals surface area contributed by atoms with E-state index in [0.29, 0.717) is 18.6 Å². The Labute approximate surface area is 81.7 Å². The summed E-state index contributed by atoms with van der Waals surface area (Å²) in [5.74, 6) is 0.600. The Morgan fingerprint density at radius 1 is 1.29 bits per heavy atom. The topological polar surface area (TPSA) is 26.3 Å². The molecule has 74 valence electrons. The van der Waals surface area contributed by atoms with Gasteiger partial charge in [0.15, 0.2) is 0 Å². The van der Waals surface area contributed by atoms with Crippen LogP contribution in [0.2, 0.25) is 0 Å². The van der Waals surface area contributed by atoms with E-state index in [-0.39, 0.29) is 17.7 Å². The number of benzene rings is 1. The van der Waals surface area contributed by atoms with E-state index in [1.54, 1.807) is 12.1 Å². The number of hydrogen-bond acceptors (Lipinski definition) is 2. The molecule has 1 aromatic carbocycles. The molecular weight excluding hydrogens is 183 g/mol. The lowest BCUT2D eigenvalue weighted by molar-refractivity contribution is -0.117. The zero-order valence-corrected chi connectivity index (χ0v) is 7.70. The minimum absolute atomic E-state index is 0.0204. The summed E-state index contributed by atoms with van der Waals surface area (Å²) < 4.78 is 18.1. The molecule has 0 saturated heterocycles. The van der Waals surface area contributed by atoms with Crippen molar-refractivity contribution in [1.82, 2.24) is 0 Å². The Bertz CT molecular complexity index is 332. The number of ether oxygens (including phenoxy) is 1. The predicted octanol–water partition coefficient (Wildman–Crippen LogP) is 2.33. The monoisotopic (exact) mass is 194 g/mol. The van der Waals surface area contributed by atoms with Crippen molar-refractivity contribution in [2.45, 2.75) is 25.4 Å². The minimum atomic E-state index is -0.278. The van der Waals surface area contributed by atoms with Gasteiger partial charge in [0.05, 0.1) is 0 Å². The van der Waals surface area contributed by atoms with Gasteiger partial charge in [0, 0.05) is 12.8 Å². The van der Waals surface area contributed by atoms with E-state index in [2.05, 4.69) is 0 Å². The van der Waals surface area contributed by atoms with Crippen LogP contribution in [0.15, 0.2) is 24.3 Å². The Balaban J connectivity index is 1.97. The first-order valence-electron chi connectivity index (χ1n) is 4.68. The number of carbonyl (C=O) groups excluding carboxylic acids is 1. The molecule has 1 aliphatic carbocycles. The molecule has 0 heterocycles. The van der Waals surface area contributed by atoms with Crippen molar-refractivity contribution in [2.24, 2.45) is 0 Å². The highest BCUT2D eigenvalue weighted by Gasteiger charge is 2.23. The molecule has 1 aromatic rings. The average Bonchev–Trinajstić information content (AvgIpc) is 2.56. The third-order valence-electron chi connectivity index (χ3n) is 2.32. The van der Waals surface area contributed by atoms with Crippen LogP contribution >= 0.6 is 0 Å². The van der Waals surface area contributed by atoms with Crippen molar-refractivity contribution >= 4 is 5.78 Å². The highest BCUT2D eigenvalue weighted by atomic mass is 19.1. The molecular formula is C11H11FO2. The van der Waals surface area contributed by atoms with Gasteiger partial charge in [0.2, 0.25) is 0 Å². The van der Waals surface area contributed by atoms with Crippen LogP contribution < -0.4 is 4.74 Å². The first kappa shape index (κ1) is 9.19. The molecule has 0 aromatic heterocycles. The van der Waals surface area contributed by atoms with E-state index in [1.807, 2.05) is 0 Å². The molecule has 0 N–H and O–H groups in total. The Kier molecular flexibility index (Phi) is 2.48. The number of carbonyl (C=O) groups is 1. The maximum atomic E-state index is 12.6. The fourth-order valence-corrected chi connectivity index (χ4v) is 1.59. The zero-order valence-electron chi connectivity index (χ0n) is 7.70. The smallest absolute Gasteiger partial charge is 0.136 e. The molecule has 1 unspecified atom stereocenters. The van der Waals surface area contributed by atoms with Crippen molar-refractivity contribution in [3.8, 4) is 5.75 Å². The Morgan fingerprint density at radius 3 is 2.57 bits per heavy atom. The van der Waals surface area contributed by atoms with Gasteiger partial charge in [-0.05, 0) is 30.7 Å². The first-order valence-corrected chi connectivity index (χ1v) is 4.68. The molecule has 1 atom stereocenters. The van der Waals surface area contributed by atoms with Crippen LogP contribution in [0.25, 0.3) is 0 Å². The second-order valence-corrected chi connectivity index (χ2v) is 3.48. The van der Waals surface area contributed by atoms with Crippen LogP contribution in [0.1, 0.15) is 19.3 Å². The van der Waals surface area contributed by atoms with Crippen LogP contribution in [0.4, 0.5) is 4.39 Å². The van der Waals surface area contributed by atoms with Crippen molar-refractivity contribution in [3.63, 3.8) is 0 Å². The van der Waals surface area contributed by atoms with Crippen LogP contribution in [0.5, 0.6) is 5.75 Å². The fourth-order valence-electron chi connectivity index (χ4n) is 1.59. The van der Waals surface area contributed by atoms with E-state index in [1.165, 1.54) is 12.1 Å². The summed E-state index contributed by atoms with van der Waals surface area (Å²) in [6.45, 7) is 0. The molecule has 0 bridgehead atoms. The van der Waals surface area contributed by atoms with Gasteiger partial charge in [-0.2, -0.15) is 0 Å². The average molecular weight is 194 g/mol. The Hall–Kier alpha value is -1.38. The second kappa shape index (κ2) is 3.78. The van der Waals surface area contributed by atoms with Gasteiger partial charge in [-0.1, -0.05) is 0 Å². The van der Waals surface area contributed by atoms with Crippen molar-refractivity contribution in [3.05, 3.63) is 30.1 Å². The van der Waals surface area contributed by atoms with Gasteiger partial charge < -0.3 is 4.74 Å². The van der Waals surface area contributed by atoms with Gasteiger partial charge in [-0.3, -0.25) is 4.79 Å². The van der Waals surface area contributed by atoms with Crippen LogP contribution in [0.3, 0.4) is 0 Å². The maximum Gasteiger partial charge on any atom is 0.136 e. The molecule has 3 heteroatoms. The lowest BCUT2D eigenvalue weighted by atomic mass is 10.3. The van der Waals surface area contributed by atoms with E-state index in [4.69, 9.17) is 4.74 Å². The third-order valence-corrected chi connectivity index (χ3v) is 2.32. The summed E-state index contributed by atoms with van der Waals surface area (Å²) in [5, 5.41) is 0. The van der Waals surface area contributed by atoms with Gasteiger partial charge >= 0.3 is 0 Å². The molecule has 0 aliphatic heterocycles. The van der Waals surface area contributed by atoms with E-state index >= 15 is 0 Å². The summed E-state index contributed by atoms with van der Waals surface area (Å²) in [6.07, 6.45) is 1.84. The summed E-state index contributed by atoms with van der Waals surface area (Å²) >= 11 is 0. The quantitative estimate of drug-likeness (QED) is 0.722. The van der Waals surface area contributed by atoms with Crippen molar-refractivity contribution < 1.29 is 13.9 Å². The normalized spacial score (nSPS) is 21.2. The fraction of sp³-hybridized carbons (Fsp3) is 0.364. The molecule has 2 nitrogen and oxygen atoms in total. The van der Waals surface area contributed by atoms with E-state index < -0.39 is 0 Å². The van der Waals surface area contributed by atoms with Crippen LogP contribution in [0, 0.1) is 5.82 Å². The number of ketones is 1. The van der Waals surface area contributed by atoms with Gasteiger partial charge in [0.25, 0.3) is 0 Å². The van der Waals surface area contributed by atoms with Crippen molar-refractivity contribution in [2.75, 3.05) is 0 Å². The minimum Gasteiger partial charge on any atom is -0.490 e. The molecule has 0 radical (unpaired) electrons. The largest absolute Gasteiger partial charge is 0.490 e. The maximum absolute atomic E-state index is 12.6. The molecule has 1 saturated carbocycles. The molecule has 0 amide bonds. The van der Waals surface area contributed by atoms with Crippen molar-refractivity contribution in [1.29, 1.82) is 0 Å². The number of hydrogen-bond donors (Lipinski definition) is 0. The lowest BCUT2D eigenvalue weighted by Gasteiger charge is -2.11. The highest BCUT2D eigenvalue weighted by Crippen LogP contribution is 2.21. The molecule has 14 heavy (non-hydrogen) atoms. The van der Waals surface area contributed by atoms with E-state index in [0.717, 1.165) is 6.42 Å². The zero-order chi connectivity index (χ0) is 9.97. The predicted molar refractivity (Wildman–Crippen MR) is 49.7 cm³/mol. The molecule has 2 rings (SSSR count). The SMILES string of the molecule is O=C1CCC(Oc2ccc(F)cc2)C1. The number of rotatable bonds is 2. The van der Waals surface area contributed by atoms with Gasteiger partial charge in [0.1, 0.15) is 23.5 Å². The summed E-state index contributed by atoms with van der Waals surface area (Å²) in [6, 6.07) is 5.87. The van der Waals surface area contributed by atoms with E-state index in [9.17, 15) is 9.18 Å². The highest BCUT2D eigenvalue weighted by molar-refractivity contribution is 5.81. The van der Waals surface area contributed by atoms with Crippen LogP contribution in [-0.2, 0) is 4.79 Å². The standard InChI is InChI=1S/C11H11FO2/c12-8-1-4-10(5-2-8)14-11-6-3-9(13)7-11/h1-2,4-5,11H,3,6-7H2. The van der Waals surface area contributed by atoms with Gasteiger partial charge in [-0.15, -0.1) is 0 Å². The summed E-state index contributed by atoms with van der Waals surface area (Å²) in [5.41, 5.74) is 0. The summed E-state index contributed by atoms with van der Waals surface area (Å²) in [7, 11) is 0. The number of Topliss-reactive ketones (excluding diaryl/α,β-unsaturated/α-hetero) is 1. The molecule has 1 fully saturated rings. The van der Waals surface area contributed by atoms with Crippen LogP contribution in [-0.4, -0.2) is 11.9 Å². The lowest BCUT2D eigenvalue weighted by Crippen LogP contribution is -2.11. The first-order chi connectivity index (χ1) is 6.74. The second-order valence-electron chi connectivity index (χ2n) is 3.48. The molecule has 0 spiro atoms. The summed E-state index contributed by atoms with van der Waals surface area (Å²) in [4.78, 5) is 11.0. The molecule has 1 aliphatic rings. The third kappa shape index (κ3) is 2.10. The van der Waals surface area contributed by atoms with Gasteiger partial charge in [-0.25, -0.2) is 4.39 Å². The Morgan fingerprint density at radius 2 is 2.00 bits per heavy atom. The number of halogens is 1.